The maximum absolute atomic E-state index is 5.91. The predicted octanol–water partition coefficient (Wildman–Crippen LogP) is 4.23. The monoisotopic (exact) mass is 338 g/mol. The molecule has 0 N–H and O–H groups in total. The minimum Gasteiger partial charge on any atom is -0.492 e. The molecule has 2 aromatic heterocycles. The maximum Gasteiger partial charge on any atom is 0.187 e. The van der Waals surface area contributed by atoms with Crippen LogP contribution in [0.4, 0.5) is 0 Å². The average Bonchev–Trinajstić information content (AvgIpc) is 3.18. The van der Waals surface area contributed by atoms with Crippen LogP contribution in [-0.4, -0.2) is 26.4 Å². The normalized spacial score (nSPS) is 13.1. The van der Waals surface area contributed by atoms with Crippen LogP contribution in [0.5, 0.6) is 5.75 Å². The Bertz CT molecular complexity index is 910. The number of thiazole rings is 1. The lowest BCUT2D eigenvalue weighted by Gasteiger charge is -2.08. The minimum atomic E-state index is 0.247. The highest BCUT2D eigenvalue weighted by atomic mass is 32.1. The number of ether oxygens (including phenoxy) is 1. The fraction of sp³-hybridized carbons (Fsp3) is 0.278. The van der Waals surface area contributed by atoms with Crippen LogP contribution in [0.1, 0.15) is 30.3 Å². The summed E-state index contributed by atoms with van der Waals surface area (Å²) in [4.78, 5) is 10.5. The molecule has 0 unspecified atom stereocenters. The second kappa shape index (κ2) is 5.87. The summed E-state index contributed by atoms with van der Waals surface area (Å²) in [5.74, 6) is 1.70. The number of aromatic nitrogens is 4. The Kier molecular flexibility index (Phi) is 3.69. The second-order valence-corrected chi connectivity index (χ2v) is 7.05. The zero-order valence-electron chi connectivity index (χ0n) is 13.7. The van der Waals surface area contributed by atoms with Crippen molar-refractivity contribution in [2.24, 2.45) is 0 Å². The van der Waals surface area contributed by atoms with Gasteiger partial charge in [0.15, 0.2) is 10.8 Å². The molecule has 1 aromatic carbocycles. The van der Waals surface area contributed by atoms with Crippen molar-refractivity contribution >= 4 is 17.4 Å². The smallest absolute Gasteiger partial charge is 0.187 e. The summed E-state index contributed by atoms with van der Waals surface area (Å²) in [6, 6.07) is 6.37. The first kappa shape index (κ1) is 15.1. The van der Waals surface area contributed by atoms with Crippen LogP contribution in [-0.2, 0) is 6.42 Å². The van der Waals surface area contributed by atoms with Gasteiger partial charge in [-0.15, -0.1) is 11.3 Å². The van der Waals surface area contributed by atoms with Gasteiger partial charge < -0.3 is 4.74 Å². The number of benzene rings is 1. The maximum atomic E-state index is 5.91. The molecule has 1 aliphatic heterocycles. The van der Waals surface area contributed by atoms with Gasteiger partial charge in [-0.1, -0.05) is 18.7 Å². The molecule has 3 aromatic rings. The van der Waals surface area contributed by atoms with Crippen LogP contribution in [0.15, 0.2) is 31.1 Å². The molecule has 24 heavy (non-hydrogen) atoms. The molecule has 5 nitrogen and oxygen atoms in total. The van der Waals surface area contributed by atoms with Gasteiger partial charge in [0, 0.05) is 22.9 Å². The third kappa shape index (κ3) is 2.43. The van der Waals surface area contributed by atoms with E-state index in [0.29, 0.717) is 6.61 Å². The summed E-state index contributed by atoms with van der Waals surface area (Å²) in [6.45, 7) is 8.66. The summed E-state index contributed by atoms with van der Waals surface area (Å²) in [6.07, 6.45) is 4.27. The van der Waals surface area contributed by atoms with E-state index in [1.54, 1.807) is 17.7 Å². The average molecular weight is 338 g/mol. The summed E-state index contributed by atoms with van der Waals surface area (Å²) < 4.78 is 7.82. The van der Waals surface area contributed by atoms with Gasteiger partial charge in [-0.25, -0.2) is 14.6 Å². The molecule has 0 fully saturated rings. The van der Waals surface area contributed by atoms with Crippen LogP contribution in [0.25, 0.3) is 28.2 Å². The molecule has 0 spiro atoms. The van der Waals surface area contributed by atoms with Crippen molar-refractivity contribution in [3.05, 3.63) is 41.5 Å². The van der Waals surface area contributed by atoms with E-state index in [1.165, 1.54) is 4.88 Å². The number of nitrogens with zero attached hydrogens (tertiary/aromatic N) is 4. The first-order valence-electron chi connectivity index (χ1n) is 7.96. The lowest BCUT2D eigenvalue weighted by atomic mass is 10.1. The van der Waals surface area contributed by atoms with Crippen LogP contribution in [0.2, 0.25) is 0 Å². The largest absolute Gasteiger partial charge is 0.492 e. The molecule has 0 saturated carbocycles. The molecule has 6 heteroatoms. The Morgan fingerprint density at radius 3 is 3.04 bits per heavy atom. The van der Waals surface area contributed by atoms with Crippen LogP contribution in [0.3, 0.4) is 0 Å². The molecule has 0 amide bonds. The van der Waals surface area contributed by atoms with Gasteiger partial charge in [0.05, 0.1) is 12.3 Å². The lowest BCUT2D eigenvalue weighted by Crippen LogP contribution is -2.04. The van der Waals surface area contributed by atoms with Crippen LogP contribution < -0.4 is 4.74 Å². The summed E-state index contributed by atoms with van der Waals surface area (Å²) >= 11 is 1.68. The highest BCUT2D eigenvalue weighted by molar-refractivity contribution is 7.15. The molecule has 3 heterocycles. The van der Waals surface area contributed by atoms with Crippen molar-refractivity contribution in [3.8, 4) is 27.8 Å². The highest BCUT2D eigenvalue weighted by Gasteiger charge is 2.23. The molecule has 0 atom stereocenters. The molecule has 0 bridgehead atoms. The molecule has 1 aliphatic rings. The number of fused-ring (bicyclic) bond motifs is 3. The topological polar surface area (TPSA) is 52.8 Å². The molecular formula is C18H18N4OS. The van der Waals surface area contributed by atoms with E-state index < -0.39 is 0 Å². The third-order valence-corrected chi connectivity index (χ3v) is 5.15. The van der Waals surface area contributed by atoms with Crippen molar-refractivity contribution < 1.29 is 4.74 Å². The lowest BCUT2D eigenvalue weighted by molar-refractivity contribution is 0.327. The summed E-state index contributed by atoms with van der Waals surface area (Å²) in [5.41, 5.74) is 3.08. The standard InChI is InChI=1S/C18H18N4OS/c1-4-12-5-6-13-14(9-12)23-8-7-15-16(13)21-18(24-15)17-19-10-20-22(17)11(2)3/h4-6,9-11H,1,7-8H2,2-3H3. The van der Waals surface area contributed by atoms with E-state index in [-0.39, 0.29) is 6.04 Å². The van der Waals surface area contributed by atoms with Crippen molar-refractivity contribution in [2.75, 3.05) is 6.61 Å². The molecule has 0 aliphatic carbocycles. The van der Waals surface area contributed by atoms with E-state index >= 15 is 0 Å². The van der Waals surface area contributed by atoms with Gasteiger partial charge in [-0.3, -0.25) is 0 Å². The fourth-order valence-electron chi connectivity index (χ4n) is 2.84. The Hall–Kier alpha value is -2.47. The van der Waals surface area contributed by atoms with Crippen molar-refractivity contribution in [1.29, 1.82) is 0 Å². The van der Waals surface area contributed by atoms with Gasteiger partial charge in [-0.2, -0.15) is 5.10 Å². The first-order chi connectivity index (χ1) is 11.7. The number of hydrogen-bond acceptors (Lipinski definition) is 5. The van der Waals surface area contributed by atoms with E-state index in [1.807, 2.05) is 22.9 Å². The number of hydrogen-bond donors (Lipinski definition) is 0. The predicted molar refractivity (Wildman–Crippen MR) is 96.2 cm³/mol. The number of rotatable bonds is 3. The zero-order chi connectivity index (χ0) is 16.7. The van der Waals surface area contributed by atoms with Crippen molar-refractivity contribution in [1.82, 2.24) is 19.7 Å². The molecular weight excluding hydrogens is 320 g/mol. The van der Waals surface area contributed by atoms with E-state index in [0.717, 1.165) is 39.8 Å². The van der Waals surface area contributed by atoms with Gasteiger partial charge >= 0.3 is 0 Å². The van der Waals surface area contributed by atoms with E-state index in [9.17, 15) is 0 Å². The van der Waals surface area contributed by atoms with Gasteiger partial charge in [-0.05, 0) is 31.5 Å². The Balaban J connectivity index is 1.85. The molecule has 122 valence electrons. The Labute approximate surface area is 144 Å². The Morgan fingerprint density at radius 2 is 2.25 bits per heavy atom. The minimum absolute atomic E-state index is 0.247. The summed E-state index contributed by atoms with van der Waals surface area (Å²) in [5, 5.41) is 5.23. The second-order valence-electron chi connectivity index (χ2n) is 5.97. The van der Waals surface area contributed by atoms with Crippen LogP contribution >= 0.6 is 11.3 Å². The molecule has 4 rings (SSSR count). The zero-order valence-corrected chi connectivity index (χ0v) is 14.5. The third-order valence-electron chi connectivity index (χ3n) is 4.03. The quantitative estimate of drug-likeness (QED) is 0.717. The van der Waals surface area contributed by atoms with Crippen molar-refractivity contribution in [3.63, 3.8) is 0 Å². The van der Waals surface area contributed by atoms with Gasteiger partial charge in [0.1, 0.15) is 12.1 Å². The van der Waals surface area contributed by atoms with E-state index in [4.69, 9.17) is 9.72 Å². The highest BCUT2D eigenvalue weighted by Crippen LogP contribution is 2.40. The fourth-order valence-corrected chi connectivity index (χ4v) is 3.89. The Morgan fingerprint density at radius 1 is 1.38 bits per heavy atom. The van der Waals surface area contributed by atoms with Crippen LogP contribution in [0, 0.1) is 0 Å². The first-order valence-corrected chi connectivity index (χ1v) is 8.78. The molecule has 0 radical (unpaired) electrons. The van der Waals surface area contributed by atoms with Gasteiger partial charge in [0.2, 0.25) is 0 Å². The summed E-state index contributed by atoms with van der Waals surface area (Å²) in [7, 11) is 0. The van der Waals surface area contributed by atoms with Gasteiger partial charge in [0.25, 0.3) is 0 Å². The van der Waals surface area contributed by atoms with E-state index in [2.05, 4.69) is 36.6 Å². The SMILES string of the molecule is C=Cc1ccc2c(c1)OCCc1sc(-c3ncnn3C(C)C)nc1-2. The molecule has 0 saturated heterocycles. The van der Waals surface area contributed by atoms with Crippen molar-refractivity contribution in [2.45, 2.75) is 26.3 Å².